The lowest BCUT2D eigenvalue weighted by molar-refractivity contribution is -0.141. The molecular weight excluding hydrogens is 388 g/mol. The van der Waals surface area contributed by atoms with Gasteiger partial charge in [-0.2, -0.15) is 0 Å². The first kappa shape index (κ1) is 18.9. The molecule has 130 valence electrons. The second-order valence-corrected chi connectivity index (χ2v) is 6.80. The predicted octanol–water partition coefficient (Wildman–Crippen LogP) is 3.72. The summed E-state index contributed by atoms with van der Waals surface area (Å²) in [5.74, 6) is -0.984. The number of hydrogen-bond donors (Lipinski definition) is 0. The number of hydrogen-bond acceptors (Lipinski definition) is 5. The number of esters is 2. The predicted molar refractivity (Wildman–Crippen MR) is 96.3 cm³/mol. The van der Waals surface area contributed by atoms with Gasteiger partial charge in [0.25, 0.3) is 0 Å². The zero-order valence-corrected chi connectivity index (χ0v) is 15.4. The van der Waals surface area contributed by atoms with Crippen LogP contribution >= 0.6 is 15.9 Å². The standard InChI is InChI=1S/C19H17BrO5/c1-12-3-5-15(6-4-12)19(23)25-16-9-7-14(8-10-16)17(21)11-24-18(22)13(2)20/h3-10,13H,11H2,1-2H3/t13-/m1/s1. The van der Waals surface area contributed by atoms with Crippen LogP contribution in [0.25, 0.3) is 0 Å². The summed E-state index contributed by atoms with van der Waals surface area (Å²) < 4.78 is 10.1. The molecule has 1 atom stereocenters. The molecule has 0 radical (unpaired) electrons. The van der Waals surface area contributed by atoms with E-state index in [1.165, 1.54) is 24.3 Å². The Hall–Kier alpha value is -2.47. The summed E-state index contributed by atoms with van der Waals surface area (Å²) in [7, 11) is 0. The summed E-state index contributed by atoms with van der Waals surface area (Å²) in [5.41, 5.74) is 1.86. The zero-order valence-electron chi connectivity index (χ0n) is 13.8. The highest BCUT2D eigenvalue weighted by Gasteiger charge is 2.14. The maximum absolute atomic E-state index is 12.0. The van der Waals surface area contributed by atoms with Gasteiger partial charge in [-0.05, 0) is 50.2 Å². The van der Waals surface area contributed by atoms with Gasteiger partial charge in [0.2, 0.25) is 0 Å². The summed E-state index contributed by atoms with van der Waals surface area (Å²) in [6, 6.07) is 13.1. The van der Waals surface area contributed by atoms with Crippen molar-refractivity contribution >= 4 is 33.7 Å². The molecule has 0 aliphatic heterocycles. The van der Waals surface area contributed by atoms with Crippen molar-refractivity contribution in [2.24, 2.45) is 0 Å². The molecule has 0 aliphatic rings. The van der Waals surface area contributed by atoms with Gasteiger partial charge in [0.1, 0.15) is 10.6 Å². The number of ether oxygens (including phenoxy) is 2. The molecule has 0 fully saturated rings. The van der Waals surface area contributed by atoms with Gasteiger partial charge < -0.3 is 9.47 Å². The number of rotatable bonds is 6. The number of halogens is 1. The number of Topliss-reactive ketones (excluding diaryl/α,β-unsaturated/α-hetero) is 1. The van der Waals surface area contributed by atoms with Crippen LogP contribution in [0.3, 0.4) is 0 Å². The summed E-state index contributed by atoms with van der Waals surface area (Å²) >= 11 is 3.07. The van der Waals surface area contributed by atoms with E-state index in [9.17, 15) is 14.4 Å². The van der Waals surface area contributed by atoms with E-state index in [1.807, 2.05) is 19.1 Å². The van der Waals surface area contributed by atoms with Crippen LogP contribution in [0.1, 0.15) is 33.2 Å². The van der Waals surface area contributed by atoms with Crippen molar-refractivity contribution in [3.8, 4) is 5.75 Å². The summed E-state index contributed by atoms with van der Waals surface area (Å²) in [4.78, 5) is 34.9. The van der Waals surface area contributed by atoms with Crippen molar-refractivity contribution < 1.29 is 23.9 Å². The molecule has 2 rings (SSSR count). The maximum Gasteiger partial charge on any atom is 0.343 e. The summed E-state index contributed by atoms with van der Waals surface area (Å²) in [6.45, 7) is 3.21. The van der Waals surface area contributed by atoms with Crippen molar-refractivity contribution in [3.05, 3.63) is 65.2 Å². The Balaban J connectivity index is 1.95. The Morgan fingerprint density at radius 3 is 2.08 bits per heavy atom. The summed E-state index contributed by atoms with van der Waals surface area (Å²) in [5, 5.41) is 0. The highest BCUT2D eigenvalue weighted by Crippen LogP contribution is 2.15. The van der Waals surface area contributed by atoms with Gasteiger partial charge in [-0.25, -0.2) is 4.79 Å². The van der Waals surface area contributed by atoms with Crippen LogP contribution in [0.15, 0.2) is 48.5 Å². The number of alkyl halides is 1. The lowest BCUT2D eigenvalue weighted by atomic mass is 10.1. The van der Waals surface area contributed by atoms with E-state index in [-0.39, 0.29) is 12.4 Å². The van der Waals surface area contributed by atoms with Crippen molar-refractivity contribution in [1.82, 2.24) is 0 Å². The molecular formula is C19H17BrO5. The van der Waals surface area contributed by atoms with Crippen LogP contribution < -0.4 is 4.74 Å². The zero-order chi connectivity index (χ0) is 18.4. The third-order valence-corrected chi connectivity index (χ3v) is 3.72. The third-order valence-electron chi connectivity index (χ3n) is 3.34. The fourth-order valence-corrected chi connectivity index (χ4v) is 2.03. The molecule has 6 heteroatoms. The average Bonchev–Trinajstić information content (AvgIpc) is 2.60. The molecule has 0 aliphatic carbocycles. The molecule has 0 N–H and O–H groups in total. The summed E-state index contributed by atoms with van der Waals surface area (Å²) in [6.07, 6.45) is 0. The SMILES string of the molecule is Cc1ccc(C(=O)Oc2ccc(C(=O)COC(=O)[C@@H](C)Br)cc2)cc1. The number of carbonyl (C=O) groups is 3. The van der Waals surface area contributed by atoms with Gasteiger partial charge in [-0.3, -0.25) is 9.59 Å². The maximum atomic E-state index is 12.0. The first-order chi connectivity index (χ1) is 11.9. The highest BCUT2D eigenvalue weighted by molar-refractivity contribution is 9.10. The van der Waals surface area contributed by atoms with Gasteiger partial charge >= 0.3 is 11.9 Å². The second kappa shape index (κ2) is 8.58. The minimum absolute atomic E-state index is 0.327. The van der Waals surface area contributed by atoms with Crippen molar-refractivity contribution in [3.63, 3.8) is 0 Å². The molecule has 25 heavy (non-hydrogen) atoms. The Bertz CT molecular complexity index is 763. The molecule has 0 saturated carbocycles. The first-order valence-corrected chi connectivity index (χ1v) is 8.51. The smallest absolute Gasteiger partial charge is 0.343 e. The Morgan fingerprint density at radius 2 is 1.52 bits per heavy atom. The van der Waals surface area contributed by atoms with E-state index >= 15 is 0 Å². The van der Waals surface area contributed by atoms with Gasteiger partial charge in [0.15, 0.2) is 12.4 Å². The fraction of sp³-hybridized carbons (Fsp3) is 0.211. The Labute approximate surface area is 154 Å². The van der Waals surface area contributed by atoms with Crippen molar-refractivity contribution in [1.29, 1.82) is 0 Å². The number of carbonyl (C=O) groups excluding carboxylic acids is 3. The highest BCUT2D eigenvalue weighted by atomic mass is 79.9. The van der Waals surface area contributed by atoms with E-state index < -0.39 is 16.8 Å². The van der Waals surface area contributed by atoms with E-state index in [1.54, 1.807) is 19.1 Å². The van der Waals surface area contributed by atoms with Crippen LogP contribution in [-0.4, -0.2) is 29.2 Å². The lowest BCUT2D eigenvalue weighted by Crippen LogP contribution is -2.19. The van der Waals surface area contributed by atoms with E-state index in [4.69, 9.17) is 9.47 Å². The van der Waals surface area contributed by atoms with Gasteiger partial charge in [0.05, 0.1) is 5.56 Å². The minimum Gasteiger partial charge on any atom is -0.456 e. The normalized spacial score (nSPS) is 11.5. The number of benzene rings is 2. The van der Waals surface area contributed by atoms with Gasteiger partial charge in [0, 0.05) is 5.56 Å². The van der Waals surface area contributed by atoms with Crippen LogP contribution in [0.2, 0.25) is 0 Å². The van der Waals surface area contributed by atoms with Crippen LogP contribution in [0.4, 0.5) is 0 Å². The lowest BCUT2D eigenvalue weighted by Gasteiger charge is -2.07. The molecule has 0 aromatic heterocycles. The first-order valence-electron chi connectivity index (χ1n) is 7.59. The molecule has 0 spiro atoms. The van der Waals surface area contributed by atoms with Gasteiger partial charge in [-0.1, -0.05) is 33.6 Å². The molecule has 0 heterocycles. The molecule has 0 amide bonds. The van der Waals surface area contributed by atoms with Gasteiger partial charge in [-0.15, -0.1) is 0 Å². The topological polar surface area (TPSA) is 69.7 Å². The quantitative estimate of drug-likeness (QED) is 0.317. The molecule has 0 saturated heterocycles. The number of aryl methyl sites for hydroxylation is 1. The van der Waals surface area contributed by atoms with Crippen LogP contribution in [-0.2, 0) is 9.53 Å². The van der Waals surface area contributed by atoms with E-state index in [0.717, 1.165) is 5.56 Å². The van der Waals surface area contributed by atoms with Crippen LogP contribution in [0, 0.1) is 6.92 Å². The molecule has 5 nitrogen and oxygen atoms in total. The Kier molecular flexibility index (Phi) is 6.47. The van der Waals surface area contributed by atoms with Crippen LogP contribution in [0.5, 0.6) is 5.75 Å². The minimum atomic E-state index is -0.503. The second-order valence-electron chi connectivity index (χ2n) is 5.43. The van der Waals surface area contributed by atoms with E-state index in [0.29, 0.717) is 16.9 Å². The fourth-order valence-electron chi connectivity index (χ4n) is 1.90. The van der Waals surface area contributed by atoms with Crippen molar-refractivity contribution in [2.75, 3.05) is 6.61 Å². The Morgan fingerprint density at radius 1 is 0.960 bits per heavy atom. The van der Waals surface area contributed by atoms with Crippen molar-refractivity contribution in [2.45, 2.75) is 18.7 Å². The molecule has 0 bridgehead atoms. The molecule has 2 aromatic rings. The average molecular weight is 405 g/mol. The largest absolute Gasteiger partial charge is 0.456 e. The third kappa shape index (κ3) is 5.53. The van der Waals surface area contributed by atoms with E-state index in [2.05, 4.69) is 15.9 Å². The monoisotopic (exact) mass is 404 g/mol. The molecule has 0 unspecified atom stereocenters. The molecule has 2 aromatic carbocycles. The number of ketones is 1.